The van der Waals surface area contributed by atoms with Crippen LogP contribution >= 0.6 is 0 Å². The van der Waals surface area contributed by atoms with Crippen molar-refractivity contribution in [1.82, 2.24) is 4.98 Å². The number of hydrogen-bond acceptors (Lipinski definition) is 3. The summed E-state index contributed by atoms with van der Waals surface area (Å²) in [4.78, 5) is 6.58. The third-order valence-electron chi connectivity index (χ3n) is 3.06. The summed E-state index contributed by atoms with van der Waals surface area (Å²) >= 11 is 0. The Morgan fingerprint density at radius 1 is 1.33 bits per heavy atom. The summed E-state index contributed by atoms with van der Waals surface area (Å²) < 4.78 is 0. The second-order valence-corrected chi connectivity index (χ2v) is 4.31. The number of aromatic nitrogens is 1. The maximum Gasteiger partial charge on any atom is 0.136 e. The van der Waals surface area contributed by atoms with Crippen molar-refractivity contribution in [2.24, 2.45) is 0 Å². The number of fused-ring (bicyclic) bond motifs is 1. The van der Waals surface area contributed by atoms with Crippen molar-refractivity contribution in [3.8, 4) is 0 Å². The molecule has 3 nitrogen and oxygen atoms in total. The van der Waals surface area contributed by atoms with Crippen molar-refractivity contribution in [3.63, 3.8) is 0 Å². The van der Waals surface area contributed by atoms with Crippen molar-refractivity contribution in [2.75, 3.05) is 18.5 Å². The fourth-order valence-corrected chi connectivity index (χ4v) is 2.06. The fourth-order valence-electron chi connectivity index (χ4n) is 2.06. The highest BCUT2D eigenvalue weighted by Crippen LogP contribution is 2.26. The molecule has 2 rings (SSSR count). The molecule has 0 aliphatic heterocycles. The van der Waals surface area contributed by atoms with Crippen LogP contribution in [0, 0.1) is 0 Å². The highest BCUT2D eigenvalue weighted by atomic mass is 16.3. The molecule has 0 saturated carbocycles. The van der Waals surface area contributed by atoms with E-state index in [1.807, 2.05) is 37.4 Å². The number of benzene rings is 1. The molecule has 1 heterocycles. The Labute approximate surface area is 107 Å². The van der Waals surface area contributed by atoms with Gasteiger partial charge >= 0.3 is 0 Å². The van der Waals surface area contributed by atoms with E-state index in [1.165, 1.54) is 0 Å². The molecular formula is C15H18N2O. The summed E-state index contributed by atoms with van der Waals surface area (Å²) in [5.41, 5.74) is 0.867. The minimum absolute atomic E-state index is 0.0180. The standard InChI is InChI=1S/C15H18N2O/c1-3-4-9-17(2)15-14-8-6-5-7-13(14)12(11-18)10-16-15/h3,5-8,10,18H,1,4,9,11H2,2H3. The van der Waals surface area contributed by atoms with Gasteiger partial charge in [-0.3, -0.25) is 0 Å². The zero-order valence-corrected chi connectivity index (χ0v) is 10.6. The zero-order valence-electron chi connectivity index (χ0n) is 10.6. The van der Waals surface area contributed by atoms with Gasteiger partial charge in [0.15, 0.2) is 0 Å². The molecule has 0 saturated heterocycles. The van der Waals surface area contributed by atoms with E-state index >= 15 is 0 Å². The average Bonchev–Trinajstić information content (AvgIpc) is 2.43. The van der Waals surface area contributed by atoms with Crippen LogP contribution in [0.5, 0.6) is 0 Å². The second-order valence-electron chi connectivity index (χ2n) is 4.31. The first-order chi connectivity index (χ1) is 8.77. The highest BCUT2D eigenvalue weighted by molar-refractivity contribution is 5.94. The van der Waals surface area contributed by atoms with Crippen molar-refractivity contribution in [2.45, 2.75) is 13.0 Å². The van der Waals surface area contributed by atoms with Gasteiger partial charge < -0.3 is 10.0 Å². The number of anilines is 1. The minimum atomic E-state index is 0.0180. The minimum Gasteiger partial charge on any atom is -0.392 e. The SMILES string of the molecule is C=CCCN(C)c1ncc(CO)c2ccccc12. The van der Waals surface area contributed by atoms with Gasteiger partial charge in [0, 0.05) is 30.7 Å². The van der Waals surface area contributed by atoms with Crippen LogP contribution in [-0.2, 0) is 6.61 Å². The lowest BCUT2D eigenvalue weighted by Crippen LogP contribution is -2.19. The first-order valence-electron chi connectivity index (χ1n) is 6.07. The van der Waals surface area contributed by atoms with Crippen LogP contribution in [0.2, 0.25) is 0 Å². The van der Waals surface area contributed by atoms with Gasteiger partial charge in [0.1, 0.15) is 5.82 Å². The Morgan fingerprint density at radius 3 is 2.72 bits per heavy atom. The van der Waals surface area contributed by atoms with E-state index in [9.17, 15) is 5.11 Å². The lowest BCUT2D eigenvalue weighted by atomic mass is 10.1. The highest BCUT2D eigenvalue weighted by Gasteiger charge is 2.09. The Morgan fingerprint density at radius 2 is 2.06 bits per heavy atom. The van der Waals surface area contributed by atoms with Gasteiger partial charge in [-0.25, -0.2) is 4.98 Å². The van der Waals surface area contributed by atoms with E-state index in [2.05, 4.69) is 16.5 Å². The molecule has 0 aliphatic rings. The lowest BCUT2D eigenvalue weighted by Gasteiger charge is -2.20. The number of aliphatic hydroxyl groups is 1. The van der Waals surface area contributed by atoms with Crippen LogP contribution in [0.4, 0.5) is 5.82 Å². The van der Waals surface area contributed by atoms with E-state index in [0.717, 1.165) is 35.1 Å². The summed E-state index contributed by atoms with van der Waals surface area (Å²) in [6, 6.07) is 8.04. The quantitative estimate of drug-likeness (QED) is 0.819. The Hall–Kier alpha value is -1.87. The Balaban J connectivity index is 2.48. The van der Waals surface area contributed by atoms with Gasteiger partial charge in [0.05, 0.1) is 6.61 Å². The van der Waals surface area contributed by atoms with Gasteiger partial charge in [-0.2, -0.15) is 0 Å². The number of pyridine rings is 1. The molecule has 1 aromatic heterocycles. The summed E-state index contributed by atoms with van der Waals surface area (Å²) in [6.07, 6.45) is 4.58. The van der Waals surface area contributed by atoms with Crippen LogP contribution < -0.4 is 4.90 Å². The number of hydrogen-bond donors (Lipinski definition) is 1. The Kier molecular flexibility index (Phi) is 3.95. The van der Waals surface area contributed by atoms with Crippen LogP contribution in [0.15, 0.2) is 43.1 Å². The normalized spacial score (nSPS) is 10.6. The topological polar surface area (TPSA) is 36.4 Å². The Bertz CT molecular complexity index is 551. The predicted octanol–water partition coefficient (Wildman–Crippen LogP) is 2.74. The summed E-state index contributed by atoms with van der Waals surface area (Å²) in [6.45, 7) is 4.64. The fraction of sp³-hybridized carbons (Fsp3) is 0.267. The molecule has 3 heteroatoms. The van der Waals surface area contributed by atoms with E-state index in [-0.39, 0.29) is 6.61 Å². The summed E-state index contributed by atoms with van der Waals surface area (Å²) in [7, 11) is 2.02. The largest absolute Gasteiger partial charge is 0.392 e. The van der Waals surface area contributed by atoms with Crippen molar-refractivity contribution >= 4 is 16.6 Å². The van der Waals surface area contributed by atoms with Gasteiger partial charge in [0.25, 0.3) is 0 Å². The second kappa shape index (κ2) is 5.65. The van der Waals surface area contributed by atoms with E-state index in [1.54, 1.807) is 6.20 Å². The van der Waals surface area contributed by atoms with Gasteiger partial charge in [-0.1, -0.05) is 30.3 Å². The lowest BCUT2D eigenvalue weighted by molar-refractivity contribution is 0.283. The molecule has 0 unspecified atom stereocenters. The van der Waals surface area contributed by atoms with Crippen LogP contribution in [0.25, 0.3) is 10.8 Å². The first kappa shape index (κ1) is 12.6. The monoisotopic (exact) mass is 242 g/mol. The maximum absolute atomic E-state index is 9.34. The molecule has 1 aromatic carbocycles. The molecule has 0 fully saturated rings. The van der Waals surface area contributed by atoms with Crippen LogP contribution in [0.1, 0.15) is 12.0 Å². The van der Waals surface area contributed by atoms with Crippen molar-refractivity contribution in [3.05, 3.63) is 48.7 Å². The van der Waals surface area contributed by atoms with Crippen molar-refractivity contribution in [1.29, 1.82) is 0 Å². The molecular weight excluding hydrogens is 224 g/mol. The molecule has 2 aromatic rings. The first-order valence-corrected chi connectivity index (χ1v) is 6.07. The molecule has 0 radical (unpaired) electrons. The van der Waals surface area contributed by atoms with Crippen LogP contribution in [0.3, 0.4) is 0 Å². The van der Waals surface area contributed by atoms with E-state index in [0.29, 0.717) is 0 Å². The molecule has 0 bridgehead atoms. The maximum atomic E-state index is 9.34. The van der Waals surface area contributed by atoms with Gasteiger partial charge in [0.2, 0.25) is 0 Å². The van der Waals surface area contributed by atoms with E-state index < -0.39 is 0 Å². The number of rotatable bonds is 5. The molecule has 0 spiro atoms. The molecule has 1 N–H and O–H groups in total. The molecule has 0 amide bonds. The number of aliphatic hydroxyl groups excluding tert-OH is 1. The van der Waals surface area contributed by atoms with Crippen molar-refractivity contribution < 1.29 is 5.11 Å². The predicted molar refractivity (Wildman–Crippen MR) is 75.7 cm³/mol. The smallest absolute Gasteiger partial charge is 0.136 e. The third kappa shape index (κ3) is 2.36. The number of nitrogens with zero attached hydrogens (tertiary/aromatic N) is 2. The molecule has 94 valence electrons. The molecule has 0 aliphatic carbocycles. The summed E-state index contributed by atoms with van der Waals surface area (Å²) in [5.74, 6) is 0.949. The van der Waals surface area contributed by atoms with Gasteiger partial charge in [-0.05, 0) is 11.8 Å². The average molecular weight is 242 g/mol. The molecule has 0 atom stereocenters. The van der Waals surface area contributed by atoms with E-state index in [4.69, 9.17) is 0 Å². The summed E-state index contributed by atoms with van der Waals surface area (Å²) in [5, 5.41) is 11.5. The molecule has 18 heavy (non-hydrogen) atoms. The third-order valence-corrected chi connectivity index (χ3v) is 3.06. The van der Waals surface area contributed by atoms with Gasteiger partial charge in [-0.15, -0.1) is 6.58 Å². The zero-order chi connectivity index (χ0) is 13.0. The van der Waals surface area contributed by atoms with Crippen LogP contribution in [-0.4, -0.2) is 23.7 Å².